The molecule has 5 rings (SSSR count). The van der Waals surface area contributed by atoms with Crippen molar-refractivity contribution in [3.8, 4) is 0 Å². The highest BCUT2D eigenvalue weighted by Crippen LogP contribution is 2.49. The fourth-order valence-electron chi connectivity index (χ4n) is 4.34. The molecule has 2 aromatic rings. The smallest absolute Gasteiger partial charge is 0.241 e. The third-order valence-corrected chi connectivity index (χ3v) is 5.88. The van der Waals surface area contributed by atoms with Crippen molar-refractivity contribution >= 4 is 29.2 Å². The third-order valence-electron chi connectivity index (χ3n) is 5.52. The highest BCUT2D eigenvalue weighted by atomic mass is 35.5. The van der Waals surface area contributed by atoms with Gasteiger partial charge in [0.2, 0.25) is 11.8 Å². The summed E-state index contributed by atoms with van der Waals surface area (Å²) in [4.78, 5) is 26.7. The van der Waals surface area contributed by atoms with Crippen LogP contribution in [0, 0.1) is 17.7 Å². The summed E-state index contributed by atoms with van der Waals surface area (Å²) in [7, 11) is 0. The van der Waals surface area contributed by atoms with Gasteiger partial charge in [-0.1, -0.05) is 17.7 Å². The average molecular weight is 376 g/mol. The molecule has 0 spiro atoms. The Morgan fingerprint density at radius 1 is 1.15 bits per heavy atom. The molecular weight excluding hydrogens is 361 g/mol. The number of halogens is 2. The van der Waals surface area contributed by atoms with E-state index >= 15 is 0 Å². The number of rotatable bonds is 3. The van der Waals surface area contributed by atoms with Crippen molar-refractivity contribution < 1.29 is 18.7 Å². The van der Waals surface area contributed by atoms with Crippen LogP contribution in [0.25, 0.3) is 0 Å². The second-order valence-electron chi connectivity index (χ2n) is 6.93. The zero-order valence-corrected chi connectivity index (χ0v) is 14.4. The van der Waals surface area contributed by atoms with Crippen LogP contribution in [-0.4, -0.2) is 33.8 Å². The molecule has 4 unspecified atom stereocenters. The molecule has 0 saturated carbocycles. The second kappa shape index (κ2) is 5.62. The lowest BCUT2D eigenvalue weighted by molar-refractivity contribution is -0.124. The van der Waals surface area contributed by atoms with Gasteiger partial charge >= 0.3 is 0 Å². The van der Waals surface area contributed by atoms with Gasteiger partial charge in [0.15, 0.2) is 5.82 Å². The van der Waals surface area contributed by atoms with Crippen molar-refractivity contribution in [2.24, 2.45) is 11.8 Å². The van der Waals surface area contributed by atoms with E-state index in [0.29, 0.717) is 10.6 Å². The first-order valence-electron chi connectivity index (χ1n) is 8.54. The SMILES string of the molecule is O=C1C2C3CCC(O3)C2C(=O)N1c1ccn(Cc2c(F)cccc2Cl)n1. The number of carbonyl (C=O) groups excluding carboxylic acids is 2. The average Bonchev–Trinajstić information content (AvgIpc) is 3.36. The van der Waals surface area contributed by atoms with Crippen LogP contribution in [0.1, 0.15) is 18.4 Å². The maximum absolute atomic E-state index is 14.0. The van der Waals surface area contributed by atoms with Crippen LogP contribution in [0.5, 0.6) is 0 Å². The highest BCUT2D eigenvalue weighted by molar-refractivity contribution is 6.31. The molecule has 0 aliphatic carbocycles. The number of ether oxygens (including phenoxy) is 1. The van der Waals surface area contributed by atoms with Gasteiger partial charge in [0.05, 0.1) is 30.6 Å². The van der Waals surface area contributed by atoms with Crippen molar-refractivity contribution in [2.45, 2.75) is 31.6 Å². The van der Waals surface area contributed by atoms with Crippen LogP contribution >= 0.6 is 11.6 Å². The van der Waals surface area contributed by atoms with Crippen molar-refractivity contribution in [1.29, 1.82) is 0 Å². The van der Waals surface area contributed by atoms with Crippen molar-refractivity contribution in [3.63, 3.8) is 0 Å². The van der Waals surface area contributed by atoms with Crippen molar-refractivity contribution in [1.82, 2.24) is 9.78 Å². The predicted octanol–water partition coefficient (Wildman–Crippen LogP) is 2.39. The minimum Gasteiger partial charge on any atom is -0.373 e. The van der Waals surface area contributed by atoms with E-state index < -0.39 is 17.7 Å². The zero-order chi connectivity index (χ0) is 18.0. The summed E-state index contributed by atoms with van der Waals surface area (Å²) in [5, 5.41) is 4.61. The number of imide groups is 1. The molecule has 134 valence electrons. The van der Waals surface area contributed by atoms with Gasteiger partial charge in [-0.15, -0.1) is 0 Å². The lowest BCUT2D eigenvalue weighted by Gasteiger charge is -2.15. The highest BCUT2D eigenvalue weighted by Gasteiger charge is 2.63. The Morgan fingerprint density at radius 3 is 2.50 bits per heavy atom. The first-order valence-corrected chi connectivity index (χ1v) is 8.92. The molecule has 3 saturated heterocycles. The number of hydrogen-bond donors (Lipinski definition) is 0. The van der Waals surface area contributed by atoms with E-state index in [0.717, 1.165) is 17.7 Å². The molecule has 0 radical (unpaired) electrons. The van der Waals surface area contributed by atoms with Gasteiger partial charge in [-0.2, -0.15) is 5.10 Å². The summed E-state index contributed by atoms with van der Waals surface area (Å²) in [5.74, 6) is -1.45. The molecule has 0 N–H and O–H groups in total. The van der Waals surface area contributed by atoms with Crippen molar-refractivity contribution in [3.05, 3.63) is 46.9 Å². The quantitative estimate of drug-likeness (QED) is 0.773. The van der Waals surface area contributed by atoms with Crippen LogP contribution in [0.3, 0.4) is 0 Å². The molecule has 4 heterocycles. The van der Waals surface area contributed by atoms with E-state index in [4.69, 9.17) is 16.3 Å². The van der Waals surface area contributed by atoms with E-state index in [2.05, 4.69) is 5.10 Å². The Hall–Kier alpha value is -2.25. The number of fused-ring (bicyclic) bond motifs is 5. The molecule has 3 aliphatic rings. The number of anilines is 1. The van der Waals surface area contributed by atoms with Gasteiger partial charge in [0, 0.05) is 22.8 Å². The lowest BCUT2D eigenvalue weighted by atomic mass is 9.81. The van der Waals surface area contributed by atoms with Crippen LogP contribution in [-0.2, 0) is 20.9 Å². The molecule has 4 atom stereocenters. The molecule has 1 aromatic heterocycles. The Labute approximate surface area is 153 Å². The lowest BCUT2D eigenvalue weighted by Crippen LogP contribution is -2.34. The summed E-state index contributed by atoms with van der Waals surface area (Å²) < 4.78 is 21.2. The molecule has 1 aromatic carbocycles. The van der Waals surface area contributed by atoms with Gasteiger partial charge < -0.3 is 4.74 Å². The summed E-state index contributed by atoms with van der Waals surface area (Å²) >= 11 is 6.05. The topological polar surface area (TPSA) is 64.4 Å². The molecular formula is C18H15ClFN3O3. The molecule has 6 nitrogen and oxygen atoms in total. The van der Waals surface area contributed by atoms with Gasteiger partial charge in [0.25, 0.3) is 0 Å². The third kappa shape index (κ3) is 2.17. The standard InChI is InChI=1S/C18H15ClFN3O3/c19-10-2-1-3-11(20)9(10)8-22-7-6-14(21-22)23-17(24)15-12-4-5-13(26-12)16(15)18(23)25/h1-3,6-7,12-13,15-16H,4-5,8H2. The first-order chi connectivity index (χ1) is 12.5. The van der Waals surface area contributed by atoms with Gasteiger partial charge in [-0.05, 0) is 25.0 Å². The molecule has 3 aliphatic heterocycles. The van der Waals surface area contributed by atoms with E-state index in [9.17, 15) is 14.0 Å². The van der Waals surface area contributed by atoms with Crippen LogP contribution in [0.15, 0.2) is 30.5 Å². The van der Waals surface area contributed by atoms with Gasteiger partial charge in [-0.3, -0.25) is 14.3 Å². The summed E-state index contributed by atoms with van der Waals surface area (Å²) in [6.45, 7) is 0.114. The Kier molecular flexibility index (Phi) is 3.45. The normalized spacial score (nSPS) is 29.7. The van der Waals surface area contributed by atoms with E-state index in [1.807, 2.05) is 0 Å². The number of nitrogens with zero attached hydrogens (tertiary/aromatic N) is 3. The predicted molar refractivity (Wildman–Crippen MR) is 90.1 cm³/mol. The molecule has 2 amide bonds. The maximum Gasteiger partial charge on any atom is 0.241 e. The van der Waals surface area contributed by atoms with Crippen LogP contribution in [0.2, 0.25) is 5.02 Å². The fraction of sp³-hybridized carbons (Fsp3) is 0.389. The molecule has 8 heteroatoms. The second-order valence-corrected chi connectivity index (χ2v) is 7.33. The van der Waals surface area contributed by atoms with Crippen LogP contribution in [0.4, 0.5) is 10.2 Å². The summed E-state index contributed by atoms with van der Waals surface area (Å²) in [6, 6.07) is 6.06. The Bertz CT molecular complexity index is 882. The fourth-order valence-corrected chi connectivity index (χ4v) is 4.56. The largest absolute Gasteiger partial charge is 0.373 e. The maximum atomic E-state index is 14.0. The number of amides is 2. The monoisotopic (exact) mass is 375 g/mol. The van der Waals surface area contributed by atoms with E-state index in [-0.39, 0.29) is 36.4 Å². The van der Waals surface area contributed by atoms with Crippen LogP contribution < -0.4 is 4.90 Å². The van der Waals surface area contributed by atoms with Crippen molar-refractivity contribution in [2.75, 3.05) is 4.90 Å². The number of hydrogen-bond acceptors (Lipinski definition) is 4. The molecule has 2 bridgehead atoms. The Morgan fingerprint density at radius 2 is 1.85 bits per heavy atom. The Balaban J connectivity index is 1.42. The number of benzene rings is 1. The zero-order valence-electron chi connectivity index (χ0n) is 13.6. The number of carbonyl (C=O) groups is 2. The van der Waals surface area contributed by atoms with E-state index in [1.165, 1.54) is 16.8 Å². The number of aromatic nitrogens is 2. The summed E-state index contributed by atoms with van der Waals surface area (Å²) in [6.07, 6.45) is 2.92. The molecule has 26 heavy (non-hydrogen) atoms. The van der Waals surface area contributed by atoms with Gasteiger partial charge in [-0.25, -0.2) is 9.29 Å². The first kappa shape index (κ1) is 16.0. The van der Waals surface area contributed by atoms with Gasteiger partial charge in [0.1, 0.15) is 5.82 Å². The minimum atomic E-state index is -0.425. The molecule has 3 fully saturated rings. The minimum absolute atomic E-state index is 0.114. The van der Waals surface area contributed by atoms with E-state index in [1.54, 1.807) is 18.3 Å². The summed E-state index contributed by atoms with van der Waals surface area (Å²) in [5.41, 5.74) is 0.311.